The first kappa shape index (κ1) is 15.1. The number of hydrogen-bond donors (Lipinski definition) is 4. The molecule has 0 amide bonds. The van der Waals surface area contributed by atoms with Gasteiger partial charge in [-0.3, -0.25) is 0 Å². The minimum absolute atomic E-state index is 0.185. The van der Waals surface area contributed by atoms with E-state index in [0.717, 1.165) is 24.4 Å². The normalized spacial score (nSPS) is 19.7. The standard InChI is InChI=1S/C14H20N8O/c1-17-10-5-9(19-13(15)20-10)7-3-8(4-7)18-11-6-12(23-2)22-14(16)21-11/h5-8H,3-4H2,1-2H3,(H3,15,17,19,20)(H3,16,18,21,22). The van der Waals surface area contributed by atoms with Crippen LogP contribution in [0.4, 0.5) is 23.5 Å². The predicted molar refractivity (Wildman–Crippen MR) is 88.4 cm³/mol. The van der Waals surface area contributed by atoms with Crippen LogP contribution in [0.1, 0.15) is 24.5 Å². The molecule has 0 spiro atoms. The molecule has 0 radical (unpaired) electrons. The smallest absolute Gasteiger partial charge is 0.225 e. The van der Waals surface area contributed by atoms with E-state index in [-0.39, 0.29) is 11.9 Å². The van der Waals surface area contributed by atoms with Crippen molar-refractivity contribution in [3.8, 4) is 5.88 Å². The Labute approximate surface area is 133 Å². The average Bonchev–Trinajstić information content (AvgIpc) is 2.49. The molecular formula is C14H20N8O. The lowest BCUT2D eigenvalue weighted by Crippen LogP contribution is -2.35. The third-order valence-corrected chi connectivity index (χ3v) is 3.86. The summed E-state index contributed by atoms with van der Waals surface area (Å²) in [6.45, 7) is 0. The van der Waals surface area contributed by atoms with E-state index in [1.54, 1.807) is 13.2 Å². The first-order chi connectivity index (χ1) is 11.1. The molecular weight excluding hydrogens is 296 g/mol. The number of methoxy groups -OCH3 is 1. The van der Waals surface area contributed by atoms with Crippen LogP contribution in [-0.2, 0) is 0 Å². The van der Waals surface area contributed by atoms with Crippen LogP contribution in [0.2, 0.25) is 0 Å². The van der Waals surface area contributed by atoms with Crippen LogP contribution in [0.3, 0.4) is 0 Å². The molecule has 1 aliphatic carbocycles. The molecule has 122 valence electrons. The minimum atomic E-state index is 0.185. The van der Waals surface area contributed by atoms with Gasteiger partial charge in [-0.25, -0.2) is 4.98 Å². The van der Waals surface area contributed by atoms with E-state index >= 15 is 0 Å². The van der Waals surface area contributed by atoms with E-state index in [0.29, 0.717) is 23.7 Å². The van der Waals surface area contributed by atoms with E-state index < -0.39 is 0 Å². The Kier molecular flexibility index (Phi) is 4.00. The van der Waals surface area contributed by atoms with Gasteiger partial charge in [0.15, 0.2) is 0 Å². The van der Waals surface area contributed by atoms with E-state index in [9.17, 15) is 0 Å². The number of nitrogens with zero attached hydrogens (tertiary/aromatic N) is 4. The lowest BCUT2D eigenvalue weighted by molar-refractivity contribution is 0.365. The van der Waals surface area contributed by atoms with Gasteiger partial charge < -0.3 is 26.8 Å². The maximum absolute atomic E-state index is 5.74. The number of nitrogen functional groups attached to an aromatic ring is 2. The van der Waals surface area contributed by atoms with E-state index in [1.165, 1.54) is 0 Å². The number of rotatable bonds is 5. The highest BCUT2D eigenvalue weighted by Crippen LogP contribution is 2.38. The second-order valence-electron chi connectivity index (χ2n) is 5.45. The van der Waals surface area contributed by atoms with Crippen molar-refractivity contribution in [1.29, 1.82) is 0 Å². The van der Waals surface area contributed by atoms with Gasteiger partial charge in [-0.05, 0) is 12.8 Å². The zero-order valence-electron chi connectivity index (χ0n) is 13.1. The molecule has 1 fully saturated rings. The molecule has 6 N–H and O–H groups in total. The summed E-state index contributed by atoms with van der Waals surface area (Å²) in [6, 6.07) is 3.96. The number of aromatic nitrogens is 4. The van der Waals surface area contributed by atoms with Crippen molar-refractivity contribution in [1.82, 2.24) is 19.9 Å². The van der Waals surface area contributed by atoms with Crippen molar-refractivity contribution in [3.63, 3.8) is 0 Å². The molecule has 2 heterocycles. The van der Waals surface area contributed by atoms with Crippen LogP contribution in [-0.4, -0.2) is 40.1 Å². The summed E-state index contributed by atoms with van der Waals surface area (Å²) in [5, 5.41) is 6.33. The van der Waals surface area contributed by atoms with Crippen molar-refractivity contribution in [2.24, 2.45) is 0 Å². The molecule has 0 atom stereocenters. The summed E-state index contributed by atoms with van der Waals surface area (Å²) in [7, 11) is 3.35. The zero-order chi connectivity index (χ0) is 16.4. The molecule has 2 aromatic heterocycles. The summed E-state index contributed by atoms with van der Waals surface area (Å²) in [5.74, 6) is 2.67. The summed E-state index contributed by atoms with van der Waals surface area (Å²) in [5.41, 5.74) is 12.4. The van der Waals surface area contributed by atoms with Gasteiger partial charge in [0.2, 0.25) is 17.8 Å². The molecule has 0 bridgehead atoms. The van der Waals surface area contributed by atoms with Gasteiger partial charge in [0, 0.05) is 31.1 Å². The monoisotopic (exact) mass is 316 g/mol. The molecule has 1 aliphatic rings. The summed E-state index contributed by atoms with van der Waals surface area (Å²) in [6.07, 6.45) is 1.87. The highest BCUT2D eigenvalue weighted by molar-refractivity contribution is 5.45. The Hall–Kier alpha value is -2.84. The van der Waals surface area contributed by atoms with E-state index in [1.807, 2.05) is 13.1 Å². The third kappa shape index (κ3) is 3.33. The van der Waals surface area contributed by atoms with E-state index in [2.05, 4.69) is 30.6 Å². The first-order valence-corrected chi connectivity index (χ1v) is 7.34. The van der Waals surface area contributed by atoms with Crippen molar-refractivity contribution in [2.45, 2.75) is 24.8 Å². The van der Waals surface area contributed by atoms with Gasteiger partial charge in [-0.2, -0.15) is 15.0 Å². The number of ether oxygens (including phenoxy) is 1. The Morgan fingerprint density at radius 1 is 1.04 bits per heavy atom. The van der Waals surface area contributed by atoms with Gasteiger partial charge >= 0.3 is 0 Å². The lowest BCUT2D eigenvalue weighted by atomic mass is 9.78. The van der Waals surface area contributed by atoms with Crippen molar-refractivity contribution in [3.05, 3.63) is 17.8 Å². The number of hydrogen-bond acceptors (Lipinski definition) is 9. The second kappa shape index (κ2) is 6.11. The maximum Gasteiger partial charge on any atom is 0.225 e. The maximum atomic E-state index is 5.74. The summed E-state index contributed by atoms with van der Waals surface area (Å²) < 4.78 is 5.09. The van der Waals surface area contributed by atoms with Gasteiger partial charge in [0.1, 0.15) is 11.6 Å². The molecule has 0 aromatic carbocycles. The zero-order valence-corrected chi connectivity index (χ0v) is 13.1. The number of anilines is 4. The van der Waals surface area contributed by atoms with Gasteiger partial charge in [-0.1, -0.05) is 0 Å². The summed E-state index contributed by atoms with van der Waals surface area (Å²) in [4.78, 5) is 16.5. The van der Waals surface area contributed by atoms with Crippen LogP contribution in [0.5, 0.6) is 5.88 Å². The molecule has 9 nitrogen and oxygen atoms in total. The van der Waals surface area contributed by atoms with Gasteiger partial charge in [0.05, 0.1) is 12.8 Å². The molecule has 0 aliphatic heterocycles. The van der Waals surface area contributed by atoms with Crippen molar-refractivity contribution < 1.29 is 4.74 Å². The fourth-order valence-electron chi connectivity index (χ4n) is 2.63. The van der Waals surface area contributed by atoms with Gasteiger partial charge in [-0.15, -0.1) is 0 Å². The van der Waals surface area contributed by atoms with Crippen molar-refractivity contribution >= 4 is 23.5 Å². The Balaban J connectivity index is 1.63. The Bertz CT molecular complexity index is 701. The quantitative estimate of drug-likeness (QED) is 0.632. The molecule has 23 heavy (non-hydrogen) atoms. The van der Waals surface area contributed by atoms with Crippen LogP contribution in [0.15, 0.2) is 12.1 Å². The number of nitrogens with two attached hydrogens (primary N) is 2. The summed E-state index contributed by atoms with van der Waals surface area (Å²) >= 11 is 0. The first-order valence-electron chi connectivity index (χ1n) is 7.34. The highest BCUT2D eigenvalue weighted by Gasteiger charge is 2.32. The molecule has 1 saturated carbocycles. The van der Waals surface area contributed by atoms with Crippen molar-refractivity contribution in [2.75, 3.05) is 36.3 Å². The Morgan fingerprint density at radius 2 is 1.74 bits per heavy atom. The fourth-order valence-corrected chi connectivity index (χ4v) is 2.63. The predicted octanol–water partition coefficient (Wildman–Crippen LogP) is 0.839. The largest absolute Gasteiger partial charge is 0.481 e. The number of nitrogens with one attached hydrogen (secondary N) is 2. The molecule has 3 rings (SSSR count). The SMILES string of the molecule is CNc1cc(C2CC(Nc3cc(OC)nc(N)n3)C2)nc(N)n1. The molecule has 9 heteroatoms. The lowest BCUT2D eigenvalue weighted by Gasteiger charge is -2.35. The van der Waals surface area contributed by atoms with Crippen LogP contribution >= 0.6 is 0 Å². The minimum Gasteiger partial charge on any atom is -0.481 e. The van der Waals surface area contributed by atoms with Crippen LogP contribution in [0, 0.1) is 0 Å². The topological polar surface area (TPSA) is 137 Å². The molecule has 0 saturated heterocycles. The fraction of sp³-hybridized carbons (Fsp3) is 0.429. The average molecular weight is 316 g/mol. The van der Waals surface area contributed by atoms with E-state index in [4.69, 9.17) is 16.2 Å². The molecule has 2 aromatic rings. The third-order valence-electron chi connectivity index (χ3n) is 3.86. The second-order valence-corrected chi connectivity index (χ2v) is 5.45. The van der Waals surface area contributed by atoms with Crippen LogP contribution < -0.4 is 26.8 Å². The van der Waals surface area contributed by atoms with Gasteiger partial charge in [0.25, 0.3) is 0 Å². The Morgan fingerprint density at radius 3 is 2.43 bits per heavy atom. The van der Waals surface area contributed by atoms with Crippen LogP contribution in [0.25, 0.3) is 0 Å². The molecule has 0 unspecified atom stereocenters. The highest BCUT2D eigenvalue weighted by atomic mass is 16.5.